The molecule has 0 saturated carbocycles. The molecule has 1 aromatic carbocycles. The summed E-state index contributed by atoms with van der Waals surface area (Å²) in [5.74, 6) is 0.566. The third-order valence-electron chi connectivity index (χ3n) is 3.89. The minimum atomic E-state index is -0.340. The van der Waals surface area contributed by atoms with Crippen molar-refractivity contribution in [3.05, 3.63) is 54.4 Å². The Labute approximate surface area is 199 Å². The van der Waals surface area contributed by atoms with Gasteiger partial charge in [0.2, 0.25) is 5.91 Å². The molecule has 1 aromatic heterocycles. The second-order valence-corrected chi connectivity index (χ2v) is 6.89. The summed E-state index contributed by atoms with van der Waals surface area (Å²) >= 11 is 1.05. The zero-order valence-electron chi connectivity index (χ0n) is 14.8. The number of imide groups is 1. The van der Waals surface area contributed by atoms with Gasteiger partial charge in [0.05, 0.1) is 23.7 Å². The van der Waals surface area contributed by atoms with Gasteiger partial charge in [-0.05, 0) is 36.2 Å². The van der Waals surface area contributed by atoms with E-state index in [2.05, 4.69) is 15.2 Å². The van der Waals surface area contributed by atoms with E-state index in [9.17, 15) is 9.59 Å². The SMILES string of the molecule is CN(CCOc1ccc(CC2SC(=O)NC2=O)cc1)c1cccnc1.[K]. The Hall–Kier alpha value is -0.904. The maximum atomic E-state index is 11.6. The maximum absolute atomic E-state index is 11.6. The monoisotopic (exact) mass is 396 g/mol. The molecule has 2 aromatic rings. The van der Waals surface area contributed by atoms with Crippen molar-refractivity contribution in [2.24, 2.45) is 0 Å². The third-order valence-corrected chi connectivity index (χ3v) is 4.87. The summed E-state index contributed by atoms with van der Waals surface area (Å²) in [7, 11) is 2.00. The maximum Gasteiger partial charge on any atom is 0.286 e. The quantitative estimate of drug-likeness (QED) is 0.723. The number of benzene rings is 1. The molecule has 1 unspecified atom stereocenters. The van der Waals surface area contributed by atoms with Crippen LogP contribution in [0.4, 0.5) is 10.5 Å². The van der Waals surface area contributed by atoms with Gasteiger partial charge in [-0.2, -0.15) is 0 Å². The third kappa shape index (κ3) is 6.07. The number of thioether (sulfide) groups is 1. The molecule has 1 radical (unpaired) electrons. The van der Waals surface area contributed by atoms with Crippen molar-refractivity contribution < 1.29 is 14.3 Å². The number of pyridine rings is 1. The minimum absolute atomic E-state index is 0. The number of ether oxygens (including phenoxy) is 1. The van der Waals surface area contributed by atoms with Gasteiger partial charge >= 0.3 is 0 Å². The number of hydrogen-bond donors (Lipinski definition) is 1. The van der Waals surface area contributed by atoms with E-state index in [1.165, 1.54) is 0 Å². The van der Waals surface area contributed by atoms with Gasteiger partial charge in [0.1, 0.15) is 12.4 Å². The second-order valence-electron chi connectivity index (χ2n) is 5.71. The number of anilines is 1. The largest absolute Gasteiger partial charge is 0.492 e. The van der Waals surface area contributed by atoms with Crippen LogP contribution in [0.2, 0.25) is 0 Å². The fraction of sp³-hybridized carbons (Fsp3) is 0.278. The summed E-state index contributed by atoms with van der Waals surface area (Å²) in [6.07, 6.45) is 4.10. The van der Waals surface area contributed by atoms with E-state index in [1.807, 2.05) is 49.6 Å². The predicted molar refractivity (Wildman–Crippen MR) is 104 cm³/mol. The number of nitrogens with one attached hydrogen (secondary N) is 1. The van der Waals surface area contributed by atoms with Crippen molar-refractivity contribution >= 4 is 80.0 Å². The molecule has 1 N–H and O–H groups in total. The molecule has 1 atom stereocenters. The van der Waals surface area contributed by atoms with Gasteiger partial charge in [-0.15, -0.1) is 0 Å². The first-order valence-corrected chi connectivity index (χ1v) is 8.84. The number of carbonyl (C=O) groups excluding carboxylic acids is 2. The van der Waals surface area contributed by atoms with Gasteiger partial charge < -0.3 is 9.64 Å². The van der Waals surface area contributed by atoms with Gasteiger partial charge in [0.15, 0.2) is 0 Å². The number of aromatic nitrogens is 1. The normalized spacial score (nSPS) is 16.0. The molecule has 131 valence electrons. The van der Waals surface area contributed by atoms with Crippen LogP contribution in [0, 0.1) is 0 Å². The zero-order chi connectivity index (χ0) is 17.6. The number of rotatable bonds is 7. The summed E-state index contributed by atoms with van der Waals surface area (Å²) in [4.78, 5) is 29.0. The minimum Gasteiger partial charge on any atom is -0.492 e. The van der Waals surface area contributed by atoms with Gasteiger partial charge in [-0.25, -0.2) is 0 Å². The molecule has 1 saturated heterocycles. The summed E-state index contributed by atoms with van der Waals surface area (Å²) < 4.78 is 5.76. The number of carbonyl (C=O) groups is 2. The number of amides is 2. The second kappa shape index (κ2) is 10.4. The van der Waals surface area contributed by atoms with Crippen LogP contribution in [-0.2, 0) is 11.2 Å². The van der Waals surface area contributed by atoms with Crippen molar-refractivity contribution in [2.75, 3.05) is 25.1 Å². The Morgan fingerprint density at radius 1 is 1.23 bits per heavy atom. The van der Waals surface area contributed by atoms with Crippen LogP contribution in [0.3, 0.4) is 0 Å². The molecule has 8 heteroatoms. The Morgan fingerprint density at radius 2 is 2.00 bits per heavy atom. The summed E-state index contributed by atoms with van der Waals surface area (Å²) in [6, 6.07) is 11.5. The van der Waals surface area contributed by atoms with E-state index < -0.39 is 0 Å². The Balaban J connectivity index is 0.00000243. The molecule has 0 aliphatic carbocycles. The average Bonchev–Trinajstić information content (AvgIpc) is 2.94. The van der Waals surface area contributed by atoms with Gasteiger partial charge in [0.25, 0.3) is 5.24 Å². The van der Waals surface area contributed by atoms with Crippen LogP contribution in [0.25, 0.3) is 0 Å². The van der Waals surface area contributed by atoms with Crippen molar-refractivity contribution in [1.29, 1.82) is 0 Å². The number of likely N-dealkylation sites (N-methyl/N-ethyl adjacent to an activating group) is 1. The topological polar surface area (TPSA) is 71.5 Å². The van der Waals surface area contributed by atoms with E-state index >= 15 is 0 Å². The van der Waals surface area contributed by atoms with E-state index in [4.69, 9.17) is 4.74 Å². The standard InChI is InChI=1S/C18H19N3O3S.K/c1-21(14-3-2-8-19-12-14)9-10-24-15-6-4-13(5-7-15)11-16-17(22)20-18(23)25-16;/h2-8,12,16H,9-11H2,1H3,(H,20,22,23);. The predicted octanol–water partition coefficient (Wildman–Crippen LogP) is 2.11. The van der Waals surface area contributed by atoms with Crippen LogP contribution in [0.1, 0.15) is 5.56 Å². The molecule has 1 aliphatic heterocycles. The first-order chi connectivity index (χ1) is 12.1. The number of hydrogen-bond acceptors (Lipinski definition) is 6. The molecular formula is C18H19KN3O3S. The summed E-state index contributed by atoms with van der Waals surface area (Å²) in [5.41, 5.74) is 2.05. The van der Waals surface area contributed by atoms with E-state index in [0.29, 0.717) is 13.0 Å². The molecular weight excluding hydrogens is 377 g/mol. The summed E-state index contributed by atoms with van der Waals surface area (Å²) in [6.45, 7) is 1.30. The molecule has 6 nitrogen and oxygen atoms in total. The van der Waals surface area contributed by atoms with E-state index in [-0.39, 0.29) is 67.8 Å². The Kier molecular flexibility index (Phi) is 8.59. The van der Waals surface area contributed by atoms with E-state index in [1.54, 1.807) is 6.20 Å². The van der Waals surface area contributed by atoms with Crippen LogP contribution < -0.4 is 15.0 Å². The zero-order valence-corrected chi connectivity index (χ0v) is 18.8. The van der Waals surface area contributed by atoms with Crippen molar-refractivity contribution in [3.63, 3.8) is 0 Å². The van der Waals surface area contributed by atoms with Crippen LogP contribution in [0.15, 0.2) is 48.8 Å². The first-order valence-electron chi connectivity index (χ1n) is 7.96. The first kappa shape index (κ1) is 21.4. The Bertz CT molecular complexity index is 743. The molecule has 26 heavy (non-hydrogen) atoms. The van der Waals surface area contributed by atoms with Crippen molar-refractivity contribution in [2.45, 2.75) is 11.7 Å². The number of nitrogens with zero attached hydrogens (tertiary/aromatic N) is 2. The average molecular weight is 397 g/mol. The molecule has 2 heterocycles. The van der Waals surface area contributed by atoms with Gasteiger partial charge in [0, 0.05) is 64.6 Å². The Morgan fingerprint density at radius 3 is 2.62 bits per heavy atom. The van der Waals surface area contributed by atoms with Crippen molar-refractivity contribution in [1.82, 2.24) is 10.3 Å². The molecule has 0 bridgehead atoms. The van der Waals surface area contributed by atoms with Crippen molar-refractivity contribution in [3.8, 4) is 5.75 Å². The van der Waals surface area contributed by atoms with Gasteiger partial charge in [-0.1, -0.05) is 23.9 Å². The molecule has 2 amide bonds. The smallest absolute Gasteiger partial charge is 0.286 e. The molecule has 1 aliphatic rings. The fourth-order valence-electron chi connectivity index (χ4n) is 2.47. The molecule has 3 rings (SSSR count). The summed E-state index contributed by atoms with van der Waals surface area (Å²) in [5, 5.41) is 1.69. The molecule has 0 spiro atoms. The van der Waals surface area contributed by atoms with Gasteiger partial charge in [-0.3, -0.25) is 19.9 Å². The molecule has 1 fully saturated rings. The van der Waals surface area contributed by atoms with Crippen LogP contribution in [0.5, 0.6) is 5.75 Å². The fourth-order valence-corrected chi connectivity index (χ4v) is 3.33. The van der Waals surface area contributed by atoms with Crippen LogP contribution in [-0.4, -0.2) is 93.0 Å². The van der Waals surface area contributed by atoms with Crippen LogP contribution >= 0.6 is 11.8 Å². The van der Waals surface area contributed by atoms with E-state index in [0.717, 1.165) is 35.3 Å².